The number of methoxy groups -OCH3 is 1. The zero-order valence-corrected chi connectivity index (χ0v) is 14.3. The summed E-state index contributed by atoms with van der Waals surface area (Å²) in [7, 11) is 1.32. The van der Waals surface area contributed by atoms with Gasteiger partial charge in [0, 0.05) is 13.2 Å². The van der Waals surface area contributed by atoms with Gasteiger partial charge in [0.1, 0.15) is 6.61 Å². The second kappa shape index (κ2) is 9.27. The molecule has 1 aromatic carbocycles. The second-order valence-corrected chi connectivity index (χ2v) is 5.75. The van der Waals surface area contributed by atoms with Crippen molar-refractivity contribution < 1.29 is 23.8 Å². The monoisotopic (exact) mass is 335 g/mol. The van der Waals surface area contributed by atoms with Crippen molar-refractivity contribution >= 4 is 12.1 Å². The Balaban J connectivity index is 2.03. The van der Waals surface area contributed by atoms with Crippen molar-refractivity contribution in [2.45, 2.75) is 44.9 Å². The van der Waals surface area contributed by atoms with Gasteiger partial charge in [0.05, 0.1) is 13.2 Å². The average Bonchev–Trinajstić information content (AvgIpc) is 2.64. The summed E-state index contributed by atoms with van der Waals surface area (Å²) in [5, 5.41) is 0. The third kappa shape index (κ3) is 4.71. The molecule has 1 amide bonds. The minimum Gasteiger partial charge on any atom is -0.467 e. The molecule has 6 nitrogen and oxygen atoms in total. The van der Waals surface area contributed by atoms with Crippen LogP contribution in [0.5, 0.6) is 0 Å². The van der Waals surface area contributed by atoms with E-state index in [2.05, 4.69) is 0 Å². The van der Waals surface area contributed by atoms with E-state index in [1.165, 1.54) is 12.0 Å². The van der Waals surface area contributed by atoms with E-state index < -0.39 is 18.1 Å². The van der Waals surface area contributed by atoms with Crippen molar-refractivity contribution in [3.8, 4) is 0 Å². The van der Waals surface area contributed by atoms with E-state index in [1.54, 1.807) is 0 Å². The number of benzene rings is 1. The number of likely N-dealkylation sites (tertiary alicyclic amines) is 1. The fraction of sp³-hybridized carbons (Fsp3) is 0.556. The lowest BCUT2D eigenvalue weighted by molar-refractivity contribution is -0.155. The van der Waals surface area contributed by atoms with Gasteiger partial charge in [-0.15, -0.1) is 0 Å². The molecule has 1 aromatic rings. The van der Waals surface area contributed by atoms with Gasteiger partial charge in [-0.3, -0.25) is 4.90 Å². The van der Waals surface area contributed by atoms with Gasteiger partial charge < -0.3 is 14.2 Å². The maximum Gasteiger partial charge on any atom is 0.410 e. The molecule has 132 valence electrons. The topological polar surface area (TPSA) is 65.1 Å². The van der Waals surface area contributed by atoms with Crippen LogP contribution in [0.2, 0.25) is 0 Å². The van der Waals surface area contributed by atoms with Crippen molar-refractivity contribution in [1.82, 2.24) is 4.90 Å². The molecule has 0 radical (unpaired) electrons. The molecule has 1 aliphatic rings. The first kappa shape index (κ1) is 18.3. The van der Waals surface area contributed by atoms with E-state index in [4.69, 9.17) is 14.2 Å². The van der Waals surface area contributed by atoms with Crippen LogP contribution < -0.4 is 0 Å². The van der Waals surface area contributed by atoms with Gasteiger partial charge >= 0.3 is 12.1 Å². The highest BCUT2D eigenvalue weighted by Crippen LogP contribution is 2.23. The number of piperidine rings is 1. The normalized spacial score (nSPS) is 20.5. The van der Waals surface area contributed by atoms with Crippen LogP contribution in [0.1, 0.15) is 31.7 Å². The molecule has 1 aliphatic heterocycles. The number of carbonyl (C=O) groups is 2. The van der Waals surface area contributed by atoms with Crippen molar-refractivity contribution in [3.63, 3.8) is 0 Å². The van der Waals surface area contributed by atoms with Gasteiger partial charge in [-0.05, 0) is 24.8 Å². The molecule has 1 fully saturated rings. The fourth-order valence-corrected chi connectivity index (χ4v) is 2.81. The summed E-state index contributed by atoms with van der Waals surface area (Å²) in [5.74, 6) is -0.465. The number of hydrogen-bond donors (Lipinski definition) is 0. The summed E-state index contributed by atoms with van der Waals surface area (Å²) in [5.41, 5.74) is 0.899. The van der Waals surface area contributed by atoms with Crippen molar-refractivity contribution in [2.75, 3.05) is 20.3 Å². The van der Waals surface area contributed by atoms with E-state index in [9.17, 15) is 9.59 Å². The van der Waals surface area contributed by atoms with Crippen LogP contribution in [0.4, 0.5) is 4.79 Å². The zero-order valence-electron chi connectivity index (χ0n) is 14.3. The number of amides is 1. The molecule has 0 N–H and O–H groups in total. The van der Waals surface area contributed by atoms with Crippen molar-refractivity contribution in [3.05, 3.63) is 35.9 Å². The Morgan fingerprint density at radius 2 is 2.00 bits per heavy atom. The maximum absolute atomic E-state index is 12.5. The fourth-order valence-electron chi connectivity index (χ4n) is 2.81. The molecular formula is C18H25NO5. The Morgan fingerprint density at radius 1 is 1.25 bits per heavy atom. The van der Waals surface area contributed by atoms with Crippen LogP contribution in [-0.2, 0) is 25.6 Å². The lowest BCUT2D eigenvalue weighted by Crippen LogP contribution is -2.56. The minimum atomic E-state index is -0.751. The number of esters is 1. The molecule has 0 saturated carbocycles. The quantitative estimate of drug-likeness (QED) is 0.748. The Bertz CT molecular complexity index is 533. The van der Waals surface area contributed by atoms with E-state index in [-0.39, 0.29) is 12.7 Å². The summed E-state index contributed by atoms with van der Waals surface area (Å²) in [6.07, 6.45) is 1.47. The Kier molecular flexibility index (Phi) is 7.06. The Morgan fingerprint density at radius 3 is 2.67 bits per heavy atom. The number of hydrogen-bond acceptors (Lipinski definition) is 5. The van der Waals surface area contributed by atoms with E-state index in [1.807, 2.05) is 37.3 Å². The van der Waals surface area contributed by atoms with E-state index in [0.29, 0.717) is 13.2 Å². The Labute approximate surface area is 142 Å². The molecule has 0 aliphatic carbocycles. The first-order valence-electron chi connectivity index (χ1n) is 8.34. The van der Waals surface area contributed by atoms with Crippen LogP contribution in [0.3, 0.4) is 0 Å². The summed E-state index contributed by atoms with van der Waals surface area (Å²) in [4.78, 5) is 26.1. The third-order valence-corrected chi connectivity index (χ3v) is 3.99. The third-order valence-electron chi connectivity index (χ3n) is 3.99. The molecular weight excluding hydrogens is 310 g/mol. The van der Waals surface area contributed by atoms with Gasteiger partial charge in [0.2, 0.25) is 0 Å². The SMILES string of the molecule is CCCOC1CCCN(C(=O)OCc2ccccc2)C1C(=O)OC. The molecule has 1 saturated heterocycles. The number of rotatable bonds is 6. The Hall–Kier alpha value is -2.08. The molecule has 24 heavy (non-hydrogen) atoms. The molecule has 6 heteroatoms. The average molecular weight is 335 g/mol. The summed E-state index contributed by atoms with van der Waals surface area (Å²) < 4.78 is 16.0. The van der Waals surface area contributed by atoms with Crippen LogP contribution >= 0.6 is 0 Å². The first-order chi connectivity index (χ1) is 11.7. The molecule has 2 rings (SSSR count). The second-order valence-electron chi connectivity index (χ2n) is 5.75. The summed E-state index contributed by atoms with van der Waals surface area (Å²) >= 11 is 0. The van der Waals surface area contributed by atoms with Crippen LogP contribution in [-0.4, -0.2) is 49.4 Å². The summed E-state index contributed by atoms with van der Waals surface area (Å²) in [6, 6.07) is 8.69. The van der Waals surface area contributed by atoms with E-state index >= 15 is 0 Å². The molecule has 0 aromatic heterocycles. The standard InChI is InChI=1S/C18H25NO5/c1-3-12-23-15-10-7-11-19(16(15)17(20)22-2)18(21)24-13-14-8-5-4-6-9-14/h4-6,8-9,15-16H,3,7,10-13H2,1-2H3. The molecule has 2 unspecified atom stereocenters. The highest BCUT2D eigenvalue weighted by molar-refractivity contribution is 5.82. The highest BCUT2D eigenvalue weighted by Gasteiger charge is 2.41. The van der Waals surface area contributed by atoms with Crippen LogP contribution in [0.25, 0.3) is 0 Å². The van der Waals surface area contributed by atoms with Crippen LogP contribution in [0.15, 0.2) is 30.3 Å². The van der Waals surface area contributed by atoms with Gasteiger partial charge in [-0.25, -0.2) is 9.59 Å². The maximum atomic E-state index is 12.5. The molecule has 0 bridgehead atoms. The van der Waals surface area contributed by atoms with Gasteiger partial charge in [-0.1, -0.05) is 37.3 Å². The molecule has 1 heterocycles. The molecule has 0 spiro atoms. The highest BCUT2D eigenvalue weighted by atomic mass is 16.6. The number of nitrogens with zero attached hydrogens (tertiary/aromatic N) is 1. The predicted octanol–water partition coefficient (Wildman–Crippen LogP) is 2.76. The van der Waals surface area contributed by atoms with Gasteiger partial charge in [0.25, 0.3) is 0 Å². The van der Waals surface area contributed by atoms with E-state index in [0.717, 1.165) is 24.8 Å². The van der Waals surface area contributed by atoms with Crippen molar-refractivity contribution in [2.24, 2.45) is 0 Å². The predicted molar refractivity (Wildman–Crippen MR) is 88.4 cm³/mol. The smallest absolute Gasteiger partial charge is 0.410 e. The zero-order chi connectivity index (χ0) is 17.4. The van der Waals surface area contributed by atoms with Crippen molar-refractivity contribution in [1.29, 1.82) is 0 Å². The minimum absolute atomic E-state index is 0.171. The van der Waals surface area contributed by atoms with Gasteiger partial charge in [-0.2, -0.15) is 0 Å². The summed E-state index contributed by atoms with van der Waals surface area (Å²) in [6.45, 7) is 3.18. The van der Waals surface area contributed by atoms with Crippen LogP contribution in [0, 0.1) is 0 Å². The number of carbonyl (C=O) groups excluding carboxylic acids is 2. The number of ether oxygens (including phenoxy) is 3. The van der Waals surface area contributed by atoms with Gasteiger partial charge in [0.15, 0.2) is 6.04 Å². The first-order valence-corrected chi connectivity index (χ1v) is 8.34. The molecule has 2 atom stereocenters. The lowest BCUT2D eigenvalue weighted by Gasteiger charge is -2.38. The lowest BCUT2D eigenvalue weighted by atomic mass is 9.99. The largest absolute Gasteiger partial charge is 0.467 e.